The summed E-state index contributed by atoms with van der Waals surface area (Å²) in [6, 6.07) is 17.3. The van der Waals surface area contributed by atoms with Crippen LogP contribution in [0.5, 0.6) is 0 Å². The molecular weight excluding hydrogens is 412 g/mol. The smallest absolute Gasteiger partial charge is 0.239 e. The molecule has 28 heavy (non-hydrogen) atoms. The number of thiazole rings is 1. The summed E-state index contributed by atoms with van der Waals surface area (Å²) in [6.07, 6.45) is 1.61. The number of aromatic nitrogens is 1. The summed E-state index contributed by atoms with van der Waals surface area (Å²) in [7, 11) is 0. The maximum Gasteiger partial charge on any atom is 0.239 e. The van der Waals surface area contributed by atoms with Crippen LogP contribution in [0.2, 0.25) is 5.02 Å². The van der Waals surface area contributed by atoms with Crippen LogP contribution in [0.15, 0.2) is 70.2 Å². The number of furan rings is 1. The predicted molar refractivity (Wildman–Crippen MR) is 116 cm³/mol. The van der Waals surface area contributed by atoms with Gasteiger partial charge in [0.05, 0.1) is 28.8 Å². The van der Waals surface area contributed by atoms with Gasteiger partial charge in [-0.2, -0.15) is 0 Å². The Morgan fingerprint density at radius 3 is 2.79 bits per heavy atom. The summed E-state index contributed by atoms with van der Waals surface area (Å²) >= 11 is 8.93. The Morgan fingerprint density at radius 2 is 2.04 bits per heavy atom. The molecule has 0 fully saturated rings. The fourth-order valence-corrected chi connectivity index (χ4v) is 4.69. The summed E-state index contributed by atoms with van der Waals surface area (Å²) in [5, 5.41) is 1.36. The topological polar surface area (TPSA) is 46.3 Å². The van der Waals surface area contributed by atoms with Gasteiger partial charge in [-0.1, -0.05) is 29.0 Å². The van der Waals surface area contributed by atoms with E-state index in [0.29, 0.717) is 22.5 Å². The minimum absolute atomic E-state index is 0.0212. The molecule has 0 radical (unpaired) electrons. The van der Waals surface area contributed by atoms with Crippen LogP contribution >= 0.6 is 34.7 Å². The summed E-state index contributed by atoms with van der Waals surface area (Å²) in [5.41, 5.74) is 2.07. The predicted octanol–water partition coefficient (Wildman–Crippen LogP) is 6.18. The molecule has 0 saturated carbocycles. The number of rotatable bonds is 6. The Hall–Kier alpha value is -2.28. The van der Waals surface area contributed by atoms with Crippen molar-refractivity contribution in [1.82, 2.24) is 4.98 Å². The molecule has 0 saturated heterocycles. The zero-order valence-corrected chi connectivity index (χ0v) is 17.5. The lowest BCUT2D eigenvalue weighted by Crippen LogP contribution is -2.31. The van der Waals surface area contributed by atoms with E-state index in [-0.39, 0.29) is 5.91 Å². The molecule has 4 aromatic rings. The van der Waals surface area contributed by atoms with Crippen molar-refractivity contribution in [2.45, 2.75) is 18.4 Å². The van der Waals surface area contributed by atoms with E-state index < -0.39 is 0 Å². The van der Waals surface area contributed by atoms with Crippen LogP contribution in [0.4, 0.5) is 5.13 Å². The van der Waals surface area contributed by atoms with Gasteiger partial charge in [-0.15, -0.1) is 11.8 Å². The van der Waals surface area contributed by atoms with E-state index in [0.717, 1.165) is 20.9 Å². The van der Waals surface area contributed by atoms with Gasteiger partial charge in [-0.3, -0.25) is 9.69 Å². The maximum atomic E-state index is 13.1. The van der Waals surface area contributed by atoms with E-state index in [1.165, 1.54) is 28.7 Å². The monoisotopic (exact) mass is 428 g/mol. The van der Waals surface area contributed by atoms with Crippen LogP contribution in [0.1, 0.15) is 11.3 Å². The first-order valence-electron chi connectivity index (χ1n) is 8.67. The molecule has 2 heterocycles. The minimum atomic E-state index is -0.0212. The van der Waals surface area contributed by atoms with Crippen LogP contribution in [0, 0.1) is 6.92 Å². The van der Waals surface area contributed by atoms with E-state index in [2.05, 4.69) is 11.1 Å². The number of hydrogen-bond donors (Lipinski definition) is 0. The van der Waals surface area contributed by atoms with Crippen LogP contribution < -0.4 is 4.90 Å². The SMILES string of the molecule is Cc1ccc2nc(N(Cc3ccco3)C(=O)CSc3ccc(Cl)cc3)sc2c1. The molecule has 4 nitrogen and oxygen atoms in total. The van der Waals surface area contributed by atoms with Gasteiger partial charge in [0, 0.05) is 9.92 Å². The number of carbonyl (C=O) groups is 1. The van der Waals surface area contributed by atoms with Gasteiger partial charge in [0.15, 0.2) is 5.13 Å². The third kappa shape index (κ3) is 4.41. The molecule has 0 aliphatic rings. The third-order valence-corrected chi connectivity index (χ3v) is 6.42. The van der Waals surface area contributed by atoms with Crippen molar-refractivity contribution >= 4 is 56.0 Å². The van der Waals surface area contributed by atoms with Gasteiger partial charge < -0.3 is 4.42 Å². The molecule has 0 atom stereocenters. The minimum Gasteiger partial charge on any atom is -0.467 e. The zero-order valence-electron chi connectivity index (χ0n) is 15.1. The number of hydrogen-bond acceptors (Lipinski definition) is 5. The van der Waals surface area contributed by atoms with Crippen LogP contribution in [-0.4, -0.2) is 16.6 Å². The molecule has 0 unspecified atom stereocenters. The second-order valence-electron chi connectivity index (χ2n) is 6.27. The van der Waals surface area contributed by atoms with Crippen molar-refractivity contribution in [2.24, 2.45) is 0 Å². The van der Waals surface area contributed by atoms with E-state index in [4.69, 9.17) is 16.0 Å². The lowest BCUT2D eigenvalue weighted by Gasteiger charge is -2.18. The number of halogens is 1. The third-order valence-electron chi connectivity index (χ3n) is 4.13. The first-order chi connectivity index (χ1) is 13.6. The molecule has 1 amide bonds. The molecule has 2 aromatic heterocycles. The number of amides is 1. The van der Waals surface area contributed by atoms with E-state index in [1.54, 1.807) is 11.2 Å². The fraction of sp³-hybridized carbons (Fsp3) is 0.143. The quantitative estimate of drug-likeness (QED) is 0.344. The molecule has 2 aromatic carbocycles. The highest BCUT2D eigenvalue weighted by atomic mass is 35.5. The van der Waals surface area contributed by atoms with Crippen molar-refractivity contribution in [3.05, 3.63) is 77.2 Å². The number of anilines is 1. The van der Waals surface area contributed by atoms with E-state index in [9.17, 15) is 4.79 Å². The summed E-state index contributed by atoms with van der Waals surface area (Å²) < 4.78 is 6.53. The van der Waals surface area contributed by atoms with Crippen LogP contribution in [0.25, 0.3) is 10.2 Å². The summed E-state index contributed by atoms with van der Waals surface area (Å²) in [4.78, 5) is 20.4. The number of fused-ring (bicyclic) bond motifs is 1. The lowest BCUT2D eigenvalue weighted by atomic mass is 10.2. The number of carbonyl (C=O) groups excluding carboxylic acids is 1. The molecule has 4 rings (SSSR count). The van der Waals surface area contributed by atoms with Crippen LogP contribution in [0.3, 0.4) is 0 Å². The van der Waals surface area contributed by atoms with Gasteiger partial charge in [-0.05, 0) is 61.0 Å². The maximum absolute atomic E-state index is 13.1. The molecule has 0 aliphatic heterocycles. The van der Waals surface area contributed by atoms with Crippen molar-refractivity contribution < 1.29 is 9.21 Å². The Labute approximate surface area is 176 Å². The average Bonchev–Trinajstić information content (AvgIpc) is 3.34. The second-order valence-corrected chi connectivity index (χ2v) is 8.76. The largest absolute Gasteiger partial charge is 0.467 e. The normalized spacial score (nSPS) is 11.1. The molecule has 142 valence electrons. The standard InChI is InChI=1S/C21H17ClN2O2S2/c1-14-4-9-18-19(11-14)28-21(23-18)24(12-16-3-2-10-26-16)20(25)13-27-17-7-5-15(22)6-8-17/h2-11H,12-13H2,1H3. The Kier molecular flexibility index (Phi) is 5.71. The van der Waals surface area contributed by atoms with Crippen LogP contribution in [-0.2, 0) is 11.3 Å². The van der Waals surface area contributed by atoms with Gasteiger partial charge in [-0.25, -0.2) is 4.98 Å². The van der Waals surface area contributed by atoms with Gasteiger partial charge in [0.1, 0.15) is 5.76 Å². The molecule has 0 N–H and O–H groups in total. The molecule has 7 heteroatoms. The van der Waals surface area contributed by atoms with Crippen molar-refractivity contribution in [2.75, 3.05) is 10.7 Å². The molecule has 0 aliphatic carbocycles. The first-order valence-corrected chi connectivity index (χ1v) is 10.8. The summed E-state index contributed by atoms with van der Waals surface area (Å²) in [6.45, 7) is 2.40. The van der Waals surface area contributed by atoms with Crippen molar-refractivity contribution in [3.63, 3.8) is 0 Å². The summed E-state index contributed by atoms with van der Waals surface area (Å²) in [5.74, 6) is 1.00. The molecule has 0 spiro atoms. The van der Waals surface area contributed by atoms with E-state index >= 15 is 0 Å². The van der Waals surface area contributed by atoms with Gasteiger partial charge >= 0.3 is 0 Å². The van der Waals surface area contributed by atoms with Gasteiger partial charge in [0.25, 0.3) is 0 Å². The Balaban J connectivity index is 1.58. The number of aryl methyl sites for hydroxylation is 1. The fourth-order valence-electron chi connectivity index (χ4n) is 2.71. The Bertz CT molecular complexity index is 1090. The number of thioether (sulfide) groups is 1. The zero-order chi connectivity index (χ0) is 19.5. The Morgan fingerprint density at radius 1 is 1.21 bits per heavy atom. The highest BCUT2D eigenvalue weighted by Gasteiger charge is 2.21. The highest BCUT2D eigenvalue weighted by Crippen LogP contribution is 2.31. The lowest BCUT2D eigenvalue weighted by molar-refractivity contribution is -0.116. The molecular formula is C21H17ClN2O2S2. The van der Waals surface area contributed by atoms with Gasteiger partial charge in [0.2, 0.25) is 5.91 Å². The second kappa shape index (κ2) is 8.39. The molecule has 0 bridgehead atoms. The van der Waals surface area contributed by atoms with E-state index in [1.807, 2.05) is 55.5 Å². The van der Waals surface area contributed by atoms with Crippen molar-refractivity contribution in [3.8, 4) is 0 Å². The first kappa shape index (κ1) is 19.1. The average molecular weight is 429 g/mol. The number of benzene rings is 2. The number of nitrogens with zero attached hydrogens (tertiary/aromatic N) is 2. The van der Waals surface area contributed by atoms with Crippen molar-refractivity contribution in [1.29, 1.82) is 0 Å². The highest BCUT2D eigenvalue weighted by molar-refractivity contribution is 8.00.